The summed E-state index contributed by atoms with van der Waals surface area (Å²) in [7, 11) is 0. The molecule has 0 N–H and O–H groups in total. The van der Waals surface area contributed by atoms with Crippen molar-refractivity contribution in [2.45, 2.75) is 0 Å². The summed E-state index contributed by atoms with van der Waals surface area (Å²) in [6.07, 6.45) is 2.93. The molecule has 23 heavy (non-hydrogen) atoms. The van der Waals surface area contributed by atoms with Crippen LogP contribution in [0.3, 0.4) is 0 Å². The molecular weight excluding hydrogens is 327 g/mol. The van der Waals surface area contributed by atoms with Crippen LogP contribution in [-0.2, 0) is 0 Å². The zero-order valence-electron chi connectivity index (χ0n) is 11.3. The minimum Gasteiger partial charge on any atom is -0.472 e. The molecule has 0 aliphatic carbocycles. The van der Waals surface area contributed by atoms with Gasteiger partial charge in [0.15, 0.2) is 5.69 Å². The standard InChI is InChI=1S/C14H7FN2O5S/c15-9-1-2-11(17(19)20)12(5-9)22-14(18)10-7-23-13(16-10)8-3-4-21-6-8/h1-7H. The second-order valence-electron chi connectivity index (χ2n) is 4.31. The second-order valence-corrected chi connectivity index (χ2v) is 5.17. The normalized spacial score (nSPS) is 10.5. The Balaban J connectivity index is 1.85. The van der Waals surface area contributed by atoms with Crippen molar-refractivity contribution in [2.24, 2.45) is 0 Å². The summed E-state index contributed by atoms with van der Waals surface area (Å²) in [5, 5.41) is 12.8. The van der Waals surface area contributed by atoms with Crippen molar-refractivity contribution >= 4 is 23.0 Å². The average Bonchev–Trinajstić information content (AvgIpc) is 3.18. The number of aromatic nitrogens is 1. The van der Waals surface area contributed by atoms with Crippen molar-refractivity contribution in [3.05, 3.63) is 63.8 Å². The van der Waals surface area contributed by atoms with Crippen LogP contribution in [0.2, 0.25) is 0 Å². The van der Waals surface area contributed by atoms with E-state index in [1.54, 1.807) is 6.07 Å². The molecule has 116 valence electrons. The molecule has 0 saturated carbocycles. The Morgan fingerprint density at radius 2 is 2.22 bits per heavy atom. The van der Waals surface area contributed by atoms with E-state index in [-0.39, 0.29) is 5.69 Å². The van der Waals surface area contributed by atoms with E-state index in [1.807, 2.05) is 0 Å². The van der Waals surface area contributed by atoms with E-state index >= 15 is 0 Å². The number of nitro benzene ring substituents is 1. The number of ether oxygens (including phenoxy) is 1. The van der Waals surface area contributed by atoms with Gasteiger partial charge in [-0.1, -0.05) is 0 Å². The fraction of sp³-hybridized carbons (Fsp3) is 0. The summed E-state index contributed by atoms with van der Waals surface area (Å²) in [6.45, 7) is 0. The molecule has 0 spiro atoms. The van der Waals surface area contributed by atoms with E-state index < -0.39 is 28.1 Å². The van der Waals surface area contributed by atoms with Crippen molar-refractivity contribution in [3.8, 4) is 16.3 Å². The Kier molecular flexibility index (Phi) is 3.85. The third-order valence-electron chi connectivity index (χ3n) is 2.80. The van der Waals surface area contributed by atoms with Gasteiger partial charge in [-0.25, -0.2) is 14.2 Å². The molecule has 0 radical (unpaired) electrons. The monoisotopic (exact) mass is 334 g/mol. The fourth-order valence-electron chi connectivity index (χ4n) is 1.76. The van der Waals surface area contributed by atoms with Gasteiger partial charge in [0.2, 0.25) is 5.75 Å². The molecule has 0 aliphatic rings. The average molecular weight is 334 g/mol. The molecule has 0 saturated heterocycles. The van der Waals surface area contributed by atoms with Gasteiger partial charge in [-0.2, -0.15) is 0 Å². The number of hydrogen-bond donors (Lipinski definition) is 0. The van der Waals surface area contributed by atoms with E-state index in [0.29, 0.717) is 10.6 Å². The number of esters is 1. The Morgan fingerprint density at radius 3 is 2.91 bits per heavy atom. The number of hydrogen-bond acceptors (Lipinski definition) is 7. The maximum atomic E-state index is 13.2. The summed E-state index contributed by atoms with van der Waals surface area (Å²) in [4.78, 5) is 26.2. The smallest absolute Gasteiger partial charge is 0.363 e. The van der Waals surface area contributed by atoms with Crippen LogP contribution >= 0.6 is 11.3 Å². The second kappa shape index (κ2) is 5.97. The van der Waals surface area contributed by atoms with Gasteiger partial charge < -0.3 is 9.15 Å². The third kappa shape index (κ3) is 3.09. The molecule has 9 heteroatoms. The highest BCUT2D eigenvalue weighted by atomic mass is 32.1. The number of thiazole rings is 1. The minimum absolute atomic E-state index is 0.0373. The number of carbonyl (C=O) groups excluding carboxylic acids is 1. The minimum atomic E-state index is -0.912. The molecule has 2 aromatic heterocycles. The van der Waals surface area contributed by atoms with Crippen molar-refractivity contribution in [2.75, 3.05) is 0 Å². The molecule has 0 fully saturated rings. The van der Waals surface area contributed by atoms with E-state index in [1.165, 1.54) is 29.2 Å². The highest BCUT2D eigenvalue weighted by Gasteiger charge is 2.21. The molecular formula is C14H7FN2O5S. The van der Waals surface area contributed by atoms with E-state index in [2.05, 4.69) is 4.98 Å². The van der Waals surface area contributed by atoms with Crippen LogP contribution < -0.4 is 4.74 Å². The lowest BCUT2D eigenvalue weighted by Gasteiger charge is -2.03. The summed E-state index contributed by atoms with van der Waals surface area (Å²) < 4.78 is 23.0. The Labute approximate surface area is 132 Å². The van der Waals surface area contributed by atoms with Crippen LogP contribution in [0.4, 0.5) is 10.1 Å². The first kappa shape index (κ1) is 14.9. The van der Waals surface area contributed by atoms with Crippen LogP contribution in [0.5, 0.6) is 5.75 Å². The SMILES string of the molecule is O=C(Oc1cc(F)ccc1[N+](=O)[O-])c1csc(-c2ccoc2)n1. The lowest BCUT2D eigenvalue weighted by molar-refractivity contribution is -0.385. The van der Waals surface area contributed by atoms with Gasteiger partial charge in [0.1, 0.15) is 17.1 Å². The van der Waals surface area contributed by atoms with Crippen LogP contribution in [0, 0.1) is 15.9 Å². The predicted octanol–water partition coefficient (Wildman–Crippen LogP) is 3.67. The van der Waals surface area contributed by atoms with Crippen molar-refractivity contribution in [1.29, 1.82) is 0 Å². The molecule has 2 heterocycles. The molecule has 0 atom stereocenters. The van der Waals surface area contributed by atoms with Gasteiger partial charge in [-0.15, -0.1) is 11.3 Å². The van der Waals surface area contributed by atoms with Crippen LogP contribution in [0.15, 0.2) is 46.6 Å². The molecule has 0 amide bonds. The fourth-order valence-corrected chi connectivity index (χ4v) is 2.53. The first-order valence-electron chi connectivity index (χ1n) is 6.19. The van der Waals surface area contributed by atoms with Gasteiger partial charge in [0.05, 0.1) is 11.2 Å². The molecule has 7 nitrogen and oxygen atoms in total. The highest BCUT2D eigenvalue weighted by Crippen LogP contribution is 2.29. The van der Waals surface area contributed by atoms with E-state index in [4.69, 9.17) is 9.15 Å². The first-order chi connectivity index (χ1) is 11.0. The maximum absolute atomic E-state index is 13.2. The topological polar surface area (TPSA) is 95.5 Å². The Morgan fingerprint density at radius 1 is 1.39 bits per heavy atom. The summed E-state index contributed by atoms with van der Waals surface area (Å²) >= 11 is 1.18. The maximum Gasteiger partial charge on any atom is 0.363 e. The summed E-state index contributed by atoms with van der Waals surface area (Å²) in [5.74, 6) is -2.14. The lowest BCUT2D eigenvalue weighted by Crippen LogP contribution is -2.10. The largest absolute Gasteiger partial charge is 0.472 e. The van der Waals surface area contributed by atoms with Gasteiger partial charge in [-0.3, -0.25) is 10.1 Å². The van der Waals surface area contributed by atoms with Gasteiger partial charge >= 0.3 is 11.7 Å². The number of nitro groups is 1. The Hall–Kier alpha value is -3.07. The number of nitrogens with zero attached hydrogens (tertiary/aromatic N) is 2. The van der Waals surface area contributed by atoms with Crippen molar-refractivity contribution in [3.63, 3.8) is 0 Å². The van der Waals surface area contributed by atoms with Crippen molar-refractivity contribution in [1.82, 2.24) is 4.98 Å². The zero-order chi connectivity index (χ0) is 16.4. The highest BCUT2D eigenvalue weighted by molar-refractivity contribution is 7.13. The Bertz CT molecular complexity index is 875. The van der Waals surface area contributed by atoms with Gasteiger partial charge in [0.25, 0.3) is 0 Å². The van der Waals surface area contributed by atoms with E-state index in [9.17, 15) is 19.3 Å². The third-order valence-corrected chi connectivity index (χ3v) is 3.69. The lowest BCUT2D eigenvalue weighted by atomic mass is 10.3. The molecule has 0 aliphatic heterocycles. The first-order valence-corrected chi connectivity index (χ1v) is 7.07. The summed E-state index contributed by atoms with van der Waals surface area (Å²) in [6, 6.07) is 4.29. The quantitative estimate of drug-likeness (QED) is 0.313. The number of halogens is 1. The number of benzene rings is 1. The number of carbonyl (C=O) groups is 1. The van der Waals surface area contributed by atoms with E-state index in [0.717, 1.165) is 18.2 Å². The molecule has 1 aromatic carbocycles. The van der Waals surface area contributed by atoms with Gasteiger partial charge in [-0.05, 0) is 12.1 Å². The molecule has 3 rings (SSSR count). The van der Waals surface area contributed by atoms with Gasteiger partial charge in [0, 0.05) is 23.1 Å². The zero-order valence-corrected chi connectivity index (χ0v) is 12.1. The number of rotatable bonds is 4. The van der Waals surface area contributed by atoms with Crippen molar-refractivity contribution < 1.29 is 23.3 Å². The van der Waals surface area contributed by atoms with Crippen LogP contribution in [0.1, 0.15) is 10.5 Å². The number of furan rings is 1. The molecule has 0 bridgehead atoms. The predicted molar refractivity (Wildman–Crippen MR) is 77.8 cm³/mol. The molecule has 0 unspecified atom stereocenters. The van der Waals surface area contributed by atoms with Crippen LogP contribution in [0.25, 0.3) is 10.6 Å². The van der Waals surface area contributed by atoms with Crippen LogP contribution in [-0.4, -0.2) is 15.9 Å². The molecule has 3 aromatic rings. The summed E-state index contributed by atoms with van der Waals surface area (Å²) in [5.41, 5.74) is 0.139.